The fraction of sp³-hybridized carbons (Fsp3) is 0.0667. The number of H-pyrrole nitrogens is 1. The van der Waals surface area contributed by atoms with Gasteiger partial charge in [0.15, 0.2) is 0 Å². The zero-order valence-corrected chi connectivity index (χ0v) is 10.4. The molecule has 0 saturated heterocycles. The Morgan fingerprint density at radius 2 is 2.11 bits per heavy atom. The van der Waals surface area contributed by atoms with Gasteiger partial charge in [0.1, 0.15) is 6.07 Å². The van der Waals surface area contributed by atoms with Crippen molar-refractivity contribution in [3.63, 3.8) is 0 Å². The van der Waals surface area contributed by atoms with Gasteiger partial charge in [0.05, 0.1) is 11.3 Å². The number of aromatic nitrogens is 2. The smallest absolute Gasteiger partial charge is 0.103 e. The van der Waals surface area contributed by atoms with Gasteiger partial charge in [-0.2, -0.15) is 5.26 Å². The van der Waals surface area contributed by atoms with Gasteiger partial charge in [-0.25, -0.2) is 0 Å². The van der Waals surface area contributed by atoms with Crippen molar-refractivity contribution in [2.75, 3.05) is 5.32 Å². The van der Waals surface area contributed by atoms with Gasteiger partial charge in [0, 0.05) is 35.2 Å². The Bertz CT molecular complexity index is 780. The molecule has 4 heteroatoms. The summed E-state index contributed by atoms with van der Waals surface area (Å²) in [6, 6.07) is 10.0. The summed E-state index contributed by atoms with van der Waals surface area (Å²) < 4.78 is 0. The molecule has 92 valence electrons. The number of aromatic amines is 1. The van der Waals surface area contributed by atoms with E-state index in [4.69, 9.17) is 5.26 Å². The van der Waals surface area contributed by atoms with Crippen LogP contribution in [0.2, 0.25) is 0 Å². The van der Waals surface area contributed by atoms with Crippen LogP contribution in [0.15, 0.2) is 42.9 Å². The van der Waals surface area contributed by atoms with Crippen LogP contribution in [0.4, 0.5) is 11.4 Å². The van der Waals surface area contributed by atoms with Crippen molar-refractivity contribution >= 4 is 22.3 Å². The summed E-state index contributed by atoms with van der Waals surface area (Å²) in [5.41, 5.74) is 4.57. The summed E-state index contributed by atoms with van der Waals surface area (Å²) in [6.07, 6.45) is 5.16. The normalized spacial score (nSPS) is 10.3. The molecule has 2 heterocycles. The number of anilines is 2. The van der Waals surface area contributed by atoms with E-state index in [9.17, 15) is 0 Å². The van der Waals surface area contributed by atoms with Crippen molar-refractivity contribution in [3.05, 3.63) is 54.0 Å². The minimum atomic E-state index is 0.538. The summed E-state index contributed by atoms with van der Waals surface area (Å²) in [7, 11) is 0. The van der Waals surface area contributed by atoms with Crippen LogP contribution in [0.3, 0.4) is 0 Å². The molecule has 0 unspecified atom stereocenters. The average molecular weight is 248 g/mol. The molecule has 2 aromatic heterocycles. The van der Waals surface area contributed by atoms with Crippen molar-refractivity contribution in [2.24, 2.45) is 0 Å². The lowest BCUT2D eigenvalue weighted by Crippen LogP contribution is -1.96. The molecule has 0 bridgehead atoms. The van der Waals surface area contributed by atoms with E-state index in [1.807, 2.05) is 24.4 Å². The number of aryl methyl sites for hydroxylation is 1. The molecule has 3 rings (SSSR count). The van der Waals surface area contributed by atoms with Crippen molar-refractivity contribution in [1.29, 1.82) is 5.26 Å². The highest BCUT2D eigenvalue weighted by molar-refractivity contribution is 5.88. The Labute approximate surface area is 110 Å². The molecule has 1 aromatic carbocycles. The molecule has 19 heavy (non-hydrogen) atoms. The van der Waals surface area contributed by atoms with E-state index < -0.39 is 0 Å². The van der Waals surface area contributed by atoms with Gasteiger partial charge >= 0.3 is 0 Å². The lowest BCUT2D eigenvalue weighted by atomic mass is 10.1. The van der Waals surface area contributed by atoms with Crippen LogP contribution in [0, 0.1) is 18.3 Å². The summed E-state index contributed by atoms with van der Waals surface area (Å²) in [5.74, 6) is 0. The fourth-order valence-electron chi connectivity index (χ4n) is 2.16. The van der Waals surface area contributed by atoms with Gasteiger partial charge < -0.3 is 10.3 Å². The summed E-state index contributed by atoms with van der Waals surface area (Å²) in [5, 5.41) is 13.5. The molecule has 0 spiro atoms. The maximum absolute atomic E-state index is 9.07. The summed E-state index contributed by atoms with van der Waals surface area (Å²) in [4.78, 5) is 7.14. The first kappa shape index (κ1) is 11.3. The number of fused-ring (bicyclic) bond motifs is 1. The van der Waals surface area contributed by atoms with Crippen molar-refractivity contribution in [3.8, 4) is 6.07 Å². The fourth-order valence-corrected chi connectivity index (χ4v) is 2.16. The first-order valence-corrected chi connectivity index (χ1v) is 5.97. The molecule has 0 radical (unpaired) electrons. The lowest BCUT2D eigenvalue weighted by molar-refractivity contribution is 1.29. The number of nitriles is 1. The highest BCUT2D eigenvalue weighted by Crippen LogP contribution is 2.28. The van der Waals surface area contributed by atoms with Gasteiger partial charge in [0.25, 0.3) is 0 Å². The molecule has 0 atom stereocenters. The second-order valence-electron chi connectivity index (χ2n) is 4.34. The molecule has 0 fully saturated rings. The van der Waals surface area contributed by atoms with Crippen LogP contribution < -0.4 is 5.32 Å². The number of benzene rings is 1. The summed E-state index contributed by atoms with van der Waals surface area (Å²) >= 11 is 0. The van der Waals surface area contributed by atoms with Gasteiger partial charge in [-0.05, 0) is 36.8 Å². The lowest BCUT2D eigenvalue weighted by Gasteiger charge is -2.11. The van der Waals surface area contributed by atoms with Crippen LogP contribution in [-0.4, -0.2) is 9.97 Å². The van der Waals surface area contributed by atoms with Crippen LogP contribution >= 0.6 is 0 Å². The van der Waals surface area contributed by atoms with E-state index in [0.29, 0.717) is 5.56 Å². The van der Waals surface area contributed by atoms with Gasteiger partial charge in [-0.15, -0.1) is 0 Å². The average Bonchev–Trinajstić information content (AvgIpc) is 2.92. The van der Waals surface area contributed by atoms with E-state index in [2.05, 4.69) is 28.3 Å². The Hall–Kier alpha value is -2.80. The van der Waals surface area contributed by atoms with Crippen LogP contribution in [0.25, 0.3) is 10.9 Å². The first-order chi connectivity index (χ1) is 9.29. The Morgan fingerprint density at radius 1 is 1.21 bits per heavy atom. The van der Waals surface area contributed by atoms with Gasteiger partial charge in [0.2, 0.25) is 0 Å². The third-order valence-corrected chi connectivity index (χ3v) is 3.21. The monoisotopic (exact) mass is 248 g/mol. The second-order valence-corrected chi connectivity index (χ2v) is 4.34. The van der Waals surface area contributed by atoms with E-state index in [1.165, 1.54) is 5.39 Å². The van der Waals surface area contributed by atoms with E-state index >= 15 is 0 Å². The molecule has 0 saturated carbocycles. The maximum Gasteiger partial charge on any atom is 0.103 e. The second kappa shape index (κ2) is 4.46. The number of rotatable bonds is 2. The number of nitrogens with zero attached hydrogens (tertiary/aromatic N) is 2. The molecular formula is C15H12N4. The molecular weight excluding hydrogens is 236 g/mol. The third kappa shape index (κ3) is 1.91. The minimum Gasteiger partial charge on any atom is -0.361 e. The Kier molecular flexibility index (Phi) is 2.66. The Balaban J connectivity index is 2.06. The van der Waals surface area contributed by atoms with Crippen molar-refractivity contribution in [2.45, 2.75) is 6.92 Å². The number of nitrogens with one attached hydrogen (secondary N) is 2. The molecule has 4 nitrogen and oxygen atoms in total. The standard InChI is InChI=1S/C15H12N4/c1-10-12-4-7-18-15(12)3-2-13(10)19-14-5-6-17-9-11(14)8-16/h2-7,9,18H,1H3,(H,17,19). The van der Waals surface area contributed by atoms with Crippen molar-refractivity contribution < 1.29 is 0 Å². The van der Waals surface area contributed by atoms with Crippen molar-refractivity contribution in [1.82, 2.24) is 9.97 Å². The maximum atomic E-state index is 9.07. The molecule has 0 aliphatic rings. The van der Waals surface area contributed by atoms with Gasteiger partial charge in [-0.1, -0.05) is 0 Å². The number of hydrogen-bond donors (Lipinski definition) is 2. The minimum absolute atomic E-state index is 0.538. The van der Waals surface area contributed by atoms with Crippen LogP contribution in [0.5, 0.6) is 0 Å². The number of pyridine rings is 1. The topological polar surface area (TPSA) is 64.5 Å². The van der Waals surface area contributed by atoms with E-state index in [-0.39, 0.29) is 0 Å². The van der Waals surface area contributed by atoms with Crippen LogP contribution in [-0.2, 0) is 0 Å². The largest absolute Gasteiger partial charge is 0.361 e. The molecule has 2 N–H and O–H groups in total. The highest BCUT2D eigenvalue weighted by atomic mass is 14.9. The van der Waals surface area contributed by atoms with E-state index in [1.54, 1.807) is 18.5 Å². The summed E-state index contributed by atoms with van der Waals surface area (Å²) in [6.45, 7) is 2.06. The number of hydrogen-bond acceptors (Lipinski definition) is 3. The SMILES string of the molecule is Cc1c(Nc2ccncc2C#N)ccc2[nH]ccc12. The molecule has 0 aliphatic heterocycles. The predicted octanol–water partition coefficient (Wildman–Crippen LogP) is 3.49. The molecule has 3 aromatic rings. The zero-order chi connectivity index (χ0) is 13.2. The van der Waals surface area contributed by atoms with E-state index in [0.717, 1.165) is 22.5 Å². The van der Waals surface area contributed by atoms with Crippen LogP contribution in [0.1, 0.15) is 11.1 Å². The van der Waals surface area contributed by atoms with Gasteiger partial charge in [-0.3, -0.25) is 4.98 Å². The highest BCUT2D eigenvalue weighted by Gasteiger charge is 2.07. The molecule has 0 amide bonds. The Morgan fingerprint density at radius 3 is 2.95 bits per heavy atom. The third-order valence-electron chi connectivity index (χ3n) is 3.21. The molecule has 0 aliphatic carbocycles. The first-order valence-electron chi connectivity index (χ1n) is 5.97. The predicted molar refractivity (Wildman–Crippen MR) is 75.3 cm³/mol. The zero-order valence-electron chi connectivity index (χ0n) is 10.4. The quantitative estimate of drug-likeness (QED) is 0.729.